The Labute approximate surface area is 126 Å². The second-order valence-corrected chi connectivity index (χ2v) is 5.91. The first-order valence-electron chi connectivity index (χ1n) is 6.40. The Morgan fingerprint density at radius 1 is 1.38 bits per heavy atom. The number of carboxylic acid groups (broad SMARTS) is 1. The number of amides is 3. The largest absolute Gasteiger partial charge is 0.481 e. The first-order valence-corrected chi connectivity index (χ1v) is 6.77. The first-order chi connectivity index (χ1) is 9.71. The van der Waals surface area contributed by atoms with Gasteiger partial charge in [0.15, 0.2) is 0 Å². The van der Waals surface area contributed by atoms with Gasteiger partial charge in [0.05, 0.1) is 20.5 Å². The molecule has 1 atom stereocenters. The van der Waals surface area contributed by atoms with E-state index in [-0.39, 0.29) is 17.3 Å². The zero-order valence-corrected chi connectivity index (χ0v) is 12.5. The van der Waals surface area contributed by atoms with E-state index in [9.17, 15) is 14.4 Å². The number of carboxylic acids is 1. The summed E-state index contributed by atoms with van der Waals surface area (Å²) in [4.78, 5) is 35.5. The molecule has 1 aromatic rings. The second kappa shape index (κ2) is 5.13. The number of likely N-dealkylation sites (N-methyl/N-ethyl adjacent to an activating group) is 1. The smallest absolute Gasteiger partial charge is 0.424 e. The average molecular weight is 312 g/mol. The van der Waals surface area contributed by atoms with Crippen LogP contribution in [0, 0.1) is 0 Å². The molecule has 0 aliphatic carbocycles. The summed E-state index contributed by atoms with van der Waals surface area (Å²) in [7, 11) is 3.17. The Balaban J connectivity index is 2.62. The van der Waals surface area contributed by atoms with Crippen molar-refractivity contribution >= 4 is 29.5 Å². The van der Waals surface area contributed by atoms with Gasteiger partial charge in [0.2, 0.25) is 5.54 Å². The molecule has 1 fully saturated rings. The lowest BCUT2D eigenvalue weighted by atomic mass is 9.82. The van der Waals surface area contributed by atoms with Crippen LogP contribution >= 0.6 is 11.6 Å². The van der Waals surface area contributed by atoms with Crippen molar-refractivity contribution in [1.29, 1.82) is 0 Å². The molecule has 112 valence electrons. The van der Waals surface area contributed by atoms with Gasteiger partial charge in [-0.3, -0.25) is 9.59 Å². The summed E-state index contributed by atoms with van der Waals surface area (Å²) in [6, 6.07) is 6.15. The molecule has 1 heterocycles. The van der Waals surface area contributed by atoms with E-state index < -0.39 is 23.4 Å². The van der Waals surface area contributed by atoms with Gasteiger partial charge in [-0.05, 0) is 12.1 Å². The minimum atomic E-state index is -1.29. The predicted octanol–water partition coefficient (Wildman–Crippen LogP) is 1.73. The van der Waals surface area contributed by atoms with Crippen molar-refractivity contribution in [2.45, 2.75) is 18.4 Å². The van der Waals surface area contributed by atoms with E-state index in [1.165, 1.54) is 0 Å². The van der Waals surface area contributed by atoms with E-state index in [4.69, 9.17) is 16.7 Å². The molecule has 3 amide bonds. The Kier molecular flexibility index (Phi) is 3.78. The van der Waals surface area contributed by atoms with Gasteiger partial charge in [-0.15, -0.1) is 0 Å². The number of hydrogen-bond donors (Lipinski definition) is 2. The topological polar surface area (TPSA) is 83.5 Å². The number of halogens is 1. The van der Waals surface area contributed by atoms with Gasteiger partial charge in [-0.1, -0.05) is 23.7 Å². The lowest BCUT2D eigenvalue weighted by Crippen LogP contribution is -2.57. The number of carbonyl (C=O) groups excluding carboxylic acids is 2. The van der Waals surface area contributed by atoms with Crippen LogP contribution in [0.2, 0.25) is 5.02 Å². The molecule has 2 N–H and O–H groups in total. The summed E-state index contributed by atoms with van der Waals surface area (Å²) in [5.41, 5.74) is -0.759. The zero-order chi connectivity index (χ0) is 15.8. The molecule has 1 aliphatic heterocycles. The number of carbonyl (C=O) groups is 3. The van der Waals surface area contributed by atoms with E-state index >= 15 is 0 Å². The highest BCUT2D eigenvalue weighted by Crippen LogP contribution is 2.42. The molecule has 2 rings (SSSR count). The number of rotatable bonds is 4. The molecular weight excluding hydrogens is 296 g/mol. The Hall–Kier alpha value is -1.92. The molecule has 0 aromatic heterocycles. The molecule has 0 saturated carbocycles. The summed E-state index contributed by atoms with van der Waals surface area (Å²) < 4.78 is -0.292. The van der Waals surface area contributed by atoms with E-state index in [0.29, 0.717) is 10.6 Å². The van der Waals surface area contributed by atoms with Gasteiger partial charge in [0.1, 0.15) is 0 Å². The maximum Gasteiger partial charge on any atom is 0.424 e. The minimum absolute atomic E-state index is 0.00719. The molecular formula is C14H16ClN2O4+. The number of aliphatic carboxylic acids is 1. The third-order valence-corrected chi connectivity index (χ3v) is 4.30. The van der Waals surface area contributed by atoms with Crippen molar-refractivity contribution in [1.82, 2.24) is 5.32 Å². The van der Waals surface area contributed by atoms with Crippen molar-refractivity contribution < 1.29 is 24.0 Å². The maximum atomic E-state index is 12.5. The van der Waals surface area contributed by atoms with Gasteiger partial charge in [0, 0.05) is 17.0 Å². The van der Waals surface area contributed by atoms with Gasteiger partial charge in [-0.2, -0.15) is 0 Å². The lowest BCUT2D eigenvalue weighted by molar-refractivity contribution is -0.856. The SMILES string of the molecule is C[N+]1(C)C(=O)NC(=O)C1(CCC(=O)O)c1cccc(Cl)c1. The first kappa shape index (κ1) is 15.5. The highest BCUT2D eigenvalue weighted by molar-refractivity contribution is 6.30. The molecule has 0 bridgehead atoms. The van der Waals surface area contributed by atoms with E-state index in [2.05, 4.69) is 5.32 Å². The molecule has 1 saturated heterocycles. The molecule has 7 heteroatoms. The number of benzene rings is 1. The Morgan fingerprint density at radius 2 is 2.05 bits per heavy atom. The zero-order valence-electron chi connectivity index (χ0n) is 11.7. The molecule has 0 spiro atoms. The van der Waals surface area contributed by atoms with Crippen LogP contribution < -0.4 is 5.32 Å². The monoisotopic (exact) mass is 311 g/mol. The van der Waals surface area contributed by atoms with Crippen molar-refractivity contribution in [3.05, 3.63) is 34.9 Å². The number of nitrogens with one attached hydrogen (secondary N) is 1. The van der Waals surface area contributed by atoms with E-state index in [1.54, 1.807) is 38.4 Å². The Morgan fingerprint density at radius 3 is 2.52 bits per heavy atom. The number of quaternary nitrogens is 1. The quantitative estimate of drug-likeness (QED) is 0.655. The molecule has 21 heavy (non-hydrogen) atoms. The number of hydrogen-bond acceptors (Lipinski definition) is 3. The molecule has 0 radical (unpaired) electrons. The number of imide groups is 1. The van der Waals surface area contributed by atoms with Gasteiger partial charge < -0.3 is 5.11 Å². The van der Waals surface area contributed by atoms with Crippen LogP contribution in [0.25, 0.3) is 0 Å². The van der Waals surface area contributed by atoms with Crippen LogP contribution in [0.1, 0.15) is 18.4 Å². The van der Waals surface area contributed by atoms with Crippen LogP contribution in [0.15, 0.2) is 24.3 Å². The summed E-state index contributed by atoms with van der Waals surface area (Å²) in [6.45, 7) is 0. The van der Waals surface area contributed by atoms with Crippen molar-refractivity contribution in [2.24, 2.45) is 0 Å². The van der Waals surface area contributed by atoms with Crippen molar-refractivity contribution in [2.75, 3.05) is 14.1 Å². The predicted molar refractivity (Wildman–Crippen MR) is 75.6 cm³/mol. The maximum absolute atomic E-state index is 12.5. The summed E-state index contributed by atoms with van der Waals surface area (Å²) >= 11 is 5.99. The van der Waals surface area contributed by atoms with E-state index in [0.717, 1.165) is 0 Å². The third-order valence-electron chi connectivity index (χ3n) is 4.06. The summed E-state index contributed by atoms with van der Waals surface area (Å²) in [5.74, 6) is -1.52. The van der Waals surface area contributed by atoms with Crippen LogP contribution in [-0.2, 0) is 15.1 Å². The Bertz CT molecular complexity index is 629. The second-order valence-electron chi connectivity index (χ2n) is 5.48. The average Bonchev–Trinajstić information content (AvgIpc) is 2.55. The normalized spacial score (nSPS) is 24.0. The fourth-order valence-electron chi connectivity index (χ4n) is 2.79. The lowest BCUT2D eigenvalue weighted by Gasteiger charge is -2.38. The van der Waals surface area contributed by atoms with E-state index in [1.807, 2.05) is 0 Å². The van der Waals surface area contributed by atoms with Gasteiger partial charge in [0.25, 0.3) is 5.91 Å². The minimum Gasteiger partial charge on any atom is -0.481 e. The van der Waals surface area contributed by atoms with Crippen LogP contribution in [-0.4, -0.2) is 41.6 Å². The molecule has 1 aliphatic rings. The van der Waals surface area contributed by atoms with Crippen LogP contribution in [0.5, 0.6) is 0 Å². The number of urea groups is 1. The van der Waals surface area contributed by atoms with Gasteiger partial charge in [-0.25, -0.2) is 14.6 Å². The van der Waals surface area contributed by atoms with Crippen molar-refractivity contribution in [3.8, 4) is 0 Å². The standard InChI is InChI=1S/C14H15ClN2O4/c1-17(2)13(21)16-12(20)14(17,7-6-11(18)19)9-4-3-5-10(15)8-9/h3-5,8H,6-7H2,1-2H3,(H-,16,18,19,20,21)/p+1. The highest BCUT2D eigenvalue weighted by Gasteiger charge is 2.63. The fourth-order valence-corrected chi connectivity index (χ4v) is 2.98. The highest BCUT2D eigenvalue weighted by atomic mass is 35.5. The fraction of sp³-hybridized carbons (Fsp3) is 0.357. The van der Waals surface area contributed by atoms with Crippen LogP contribution in [0.3, 0.4) is 0 Å². The van der Waals surface area contributed by atoms with Crippen molar-refractivity contribution in [3.63, 3.8) is 0 Å². The number of nitrogens with zero attached hydrogens (tertiary/aromatic N) is 1. The third kappa shape index (κ3) is 2.30. The molecule has 1 aromatic carbocycles. The molecule has 6 nitrogen and oxygen atoms in total. The molecule has 1 unspecified atom stereocenters. The summed E-state index contributed by atoms with van der Waals surface area (Å²) in [5, 5.41) is 11.7. The van der Waals surface area contributed by atoms with Crippen LogP contribution in [0.4, 0.5) is 4.79 Å². The summed E-state index contributed by atoms with van der Waals surface area (Å²) in [6.07, 6.45) is -0.220. The van der Waals surface area contributed by atoms with Gasteiger partial charge >= 0.3 is 12.0 Å².